The largest absolute Gasteiger partial charge is 0.493 e. The first kappa shape index (κ1) is 9.46. The molecule has 3 nitrogen and oxygen atoms in total. The zero-order valence-corrected chi connectivity index (χ0v) is 9.53. The summed E-state index contributed by atoms with van der Waals surface area (Å²) in [6.45, 7) is 0.771. The van der Waals surface area contributed by atoms with Gasteiger partial charge in [-0.1, -0.05) is 0 Å². The molecule has 2 heterocycles. The van der Waals surface area contributed by atoms with Gasteiger partial charge in [-0.3, -0.25) is 4.98 Å². The van der Waals surface area contributed by atoms with E-state index in [-0.39, 0.29) is 0 Å². The molecular formula is C13H14N2O. The topological polar surface area (TPSA) is 25.4 Å². The van der Waals surface area contributed by atoms with Gasteiger partial charge < -0.3 is 9.64 Å². The lowest BCUT2D eigenvalue weighted by molar-refractivity contribution is 0.318. The highest BCUT2D eigenvalue weighted by molar-refractivity contribution is 5.97. The molecule has 1 aliphatic heterocycles. The molecule has 3 rings (SSSR count). The number of anilines is 1. The number of nitrogens with zero attached hydrogens (tertiary/aromatic N) is 2. The Kier molecular flexibility index (Phi) is 1.99. The molecule has 1 aromatic heterocycles. The molecule has 1 aromatic carbocycles. The van der Waals surface area contributed by atoms with Gasteiger partial charge in [0.2, 0.25) is 0 Å². The Morgan fingerprint density at radius 3 is 2.94 bits per heavy atom. The van der Waals surface area contributed by atoms with E-state index in [4.69, 9.17) is 4.74 Å². The standard InChI is InChI=1S/C13H14N2O/c1-15(2)10-3-4-11-12-9(6-8-16-11)5-7-14-13(10)12/h3-5,7H,6,8H2,1-2H3. The number of benzene rings is 1. The zero-order valence-electron chi connectivity index (χ0n) is 9.53. The monoisotopic (exact) mass is 214 g/mol. The molecule has 0 N–H and O–H groups in total. The molecule has 0 saturated heterocycles. The molecule has 0 unspecified atom stereocenters. The van der Waals surface area contributed by atoms with Crippen molar-refractivity contribution in [2.24, 2.45) is 0 Å². The second kappa shape index (κ2) is 3.37. The quantitative estimate of drug-likeness (QED) is 0.728. The summed E-state index contributed by atoms with van der Waals surface area (Å²) in [5, 5.41) is 1.18. The van der Waals surface area contributed by atoms with E-state index < -0.39 is 0 Å². The summed E-state index contributed by atoms with van der Waals surface area (Å²) < 4.78 is 5.67. The van der Waals surface area contributed by atoms with Crippen LogP contribution in [0.5, 0.6) is 5.75 Å². The summed E-state index contributed by atoms with van der Waals surface area (Å²) in [6.07, 6.45) is 2.86. The van der Waals surface area contributed by atoms with Crippen molar-refractivity contribution in [3.63, 3.8) is 0 Å². The van der Waals surface area contributed by atoms with Crippen LogP contribution in [0.25, 0.3) is 10.9 Å². The highest BCUT2D eigenvalue weighted by Crippen LogP contribution is 2.36. The minimum atomic E-state index is 0.771. The lowest BCUT2D eigenvalue weighted by Gasteiger charge is -2.21. The third kappa shape index (κ3) is 1.24. The first-order valence-electron chi connectivity index (χ1n) is 5.48. The second-order valence-electron chi connectivity index (χ2n) is 4.27. The van der Waals surface area contributed by atoms with Crippen LogP contribution in [0.2, 0.25) is 0 Å². The SMILES string of the molecule is CN(C)c1ccc2c3c(ccnc13)CCO2. The maximum absolute atomic E-state index is 5.67. The molecule has 82 valence electrons. The summed E-state index contributed by atoms with van der Waals surface area (Å²) in [7, 11) is 4.07. The van der Waals surface area contributed by atoms with Crippen molar-refractivity contribution in [3.05, 3.63) is 30.0 Å². The van der Waals surface area contributed by atoms with Crippen molar-refractivity contribution in [1.82, 2.24) is 4.98 Å². The second-order valence-corrected chi connectivity index (χ2v) is 4.27. The van der Waals surface area contributed by atoms with Crippen molar-refractivity contribution >= 4 is 16.6 Å². The third-order valence-electron chi connectivity index (χ3n) is 3.03. The fourth-order valence-electron chi connectivity index (χ4n) is 2.25. The van der Waals surface area contributed by atoms with Gasteiger partial charge in [0.15, 0.2) is 0 Å². The zero-order chi connectivity index (χ0) is 11.1. The first-order valence-corrected chi connectivity index (χ1v) is 5.48. The fraction of sp³-hybridized carbons (Fsp3) is 0.308. The number of hydrogen-bond acceptors (Lipinski definition) is 3. The fourth-order valence-corrected chi connectivity index (χ4v) is 2.25. The van der Waals surface area contributed by atoms with E-state index in [1.807, 2.05) is 26.4 Å². The van der Waals surface area contributed by atoms with Gasteiger partial charge in [0.25, 0.3) is 0 Å². The Morgan fingerprint density at radius 2 is 2.12 bits per heavy atom. The average molecular weight is 214 g/mol. The molecule has 0 atom stereocenters. The van der Waals surface area contributed by atoms with Crippen LogP contribution >= 0.6 is 0 Å². The normalized spacial score (nSPS) is 13.6. The summed E-state index contributed by atoms with van der Waals surface area (Å²) >= 11 is 0. The van der Waals surface area contributed by atoms with E-state index in [0.29, 0.717) is 0 Å². The van der Waals surface area contributed by atoms with Crippen molar-refractivity contribution in [2.75, 3.05) is 25.6 Å². The Labute approximate surface area is 94.7 Å². The van der Waals surface area contributed by atoms with Crippen LogP contribution in [0, 0.1) is 0 Å². The molecular weight excluding hydrogens is 200 g/mol. The smallest absolute Gasteiger partial charge is 0.129 e. The lowest BCUT2D eigenvalue weighted by atomic mass is 10.0. The Bertz CT molecular complexity index is 539. The molecule has 16 heavy (non-hydrogen) atoms. The van der Waals surface area contributed by atoms with Crippen molar-refractivity contribution in [1.29, 1.82) is 0 Å². The molecule has 0 spiro atoms. The molecule has 0 aliphatic carbocycles. The third-order valence-corrected chi connectivity index (χ3v) is 3.03. The molecule has 0 fully saturated rings. The predicted molar refractivity (Wildman–Crippen MR) is 65.3 cm³/mol. The minimum Gasteiger partial charge on any atom is -0.493 e. The number of aromatic nitrogens is 1. The number of rotatable bonds is 1. The lowest BCUT2D eigenvalue weighted by Crippen LogP contribution is -2.13. The summed E-state index contributed by atoms with van der Waals surface area (Å²) in [6, 6.07) is 6.20. The summed E-state index contributed by atoms with van der Waals surface area (Å²) in [5.41, 5.74) is 3.53. The molecule has 0 amide bonds. The van der Waals surface area contributed by atoms with Crippen LogP contribution in [0.3, 0.4) is 0 Å². The van der Waals surface area contributed by atoms with Gasteiger partial charge in [-0.25, -0.2) is 0 Å². The molecule has 2 aromatic rings. The highest BCUT2D eigenvalue weighted by Gasteiger charge is 2.16. The van der Waals surface area contributed by atoms with Crippen molar-refractivity contribution in [2.45, 2.75) is 6.42 Å². The molecule has 0 radical (unpaired) electrons. The van der Waals surface area contributed by atoms with E-state index in [9.17, 15) is 0 Å². The molecule has 0 bridgehead atoms. The van der Waals surface area contributed by atoms with Gasteiger partial charge in [-0.05, 0) is 23.8 Å². The van der Waals surface area contributed by atoms with Gasteiger partial charge in [0.05, 0.1) is 17.8 Å². The maximum Gasteiger partial charge on any atom is 0.129 e. The molecule has 3 heteroatoms. The van der Waals surface area contributed by atoms with Gasteiger partial charge in [-0.2, -0.15) is 0 Å². The van der Waals surface area contributed by atoms with Crippen molar-refractivity contribution in [3.8, 4) is 5.75 Å². The van der Waals surface area contributed by atoms with Gasteiger partial charge in [0.1, 0.15) is 5.75 Å². The van der Waals surface area contributed by atoms with Crippen LogP contribution < -0.4 is 9.64 Å². The Morgan fingerprint density at radius 1 is 1.25 bits per heavy atom. The van der Waals surface area contributed by atoms with E-state index >= 15 is 0 Å². The minimum absolute atomic E-state index is 0.771. The number of pyridine rings is 1. The van der Waals surface area contributed by atoms with E-state index in [1.54, 1.807) is 0 Å². The van der Waals surface area contributed by atoms with Crippen LogP contribution in [0.4, 0.5) is 5.69 Å². The van der Waals surface area contributed by atoms with Crippen LogP contribution in [0.15, 0.2) is 24.4 Å². The maximum atomic E-state index is 5.67. The Hall–Kier alpha value is -1.77. The van der Waals surface area contributed by atoms with Crippen LogP contribution in [-0.4, -0.2) is 25.7 Å². The summed E-state index contributed by atoms with van der Waals surface area (Å²) in [4.78, 5) is 6.57. The summed E-state index contributed by atoms with van der Waals surface area (Å²) in [5.74, 6) is 0.968. The first-order chi connectivity index (χ1) is 7.77. The van der Waals surface area contributed by atoms with E-state index in [0.717, 1.165) is 30.0 Å². The van der Waals surface area contributed by atoms with Gasteiger partial charge in [-0.15, -0.1) is 0 Å². The van der Waals surface area contributed by atoms with Crippen LogP contribution in [-0.2, 0) is 6.42 Å². The van der Waals surface area contributed by atoms with Crippen LogP contribution in [0.1, 0.15) is 5.56 Å². The average Bonchev–Trinajstić information content (AvgIpc) is 2.30. The predicted octanol–water partition coefficient (Wildman–Crippen LogP) is 2.24. The number of hydrogen-bond donors (Lipinski definition) is 0. The van der Waals surface area contributed by atoms with E-state index in [1.165, 1.54) is 10.9 Å². The van der Waals surface area contributed by atoms with Gasteiger partial charge >= 0.3 is 0 Å². The number of ether oxygens (including phenoxy) is 1. The Balaban J connectivity index is 2.40. The highest BCUT2D eigenvalue weighted by atomic mass is 16.5. The molecule has 0 saturated carbocycles. The molecule has 1 aliphatic rings. The van der Waals surface area contributed by atoms with E-state index in [2.05, 4.69) is 22.0 Å². The van der Waals surface area contributed by atoms with Crippen molar-refractivity contribution < 1.29 is 4.74 Å². The van der Waals surface area contributed by atoms with Gasteiger partial charge in [0, 0.05) is 32.1 Å².